The first kappa shape index (κ1) is 51.8. The van der Waals surface area contributed by atoms with E-state index in [-0.39, 0.29) is 37.2 Å². The zero-order valence-electron chi connectivity index (χ0n) is 31.5. The zero-order valence-corrected chi connectivity index (χ0v) is 33.3. The number of carbonyl (C=O) groups excluding carboxylic acids is 6. The lowest BCUT2D eigenvalue weighted by Gasteiger charge is -2.27. The highest BCUT2D eigenvalue weighted by Gasteiger charge is 2.33. The minimum Gasteiger partial charge on any atom is -0.480 e. The topological polar surface area (TPSA) is 362 Å². The van der Waals surface area contributed by atoms with Gasteiger partial charge in [-0.25, -0.2) is 4.79 Å². The van der Waals surface area contributed by atoms with Gasteiger partial charge >= 0.3 is 5.97 Å². The molecule has 0 aliphatic rings. The Morgan fingerprint density at radius 1 is 0.436 bits per heavy atom. The van der Waals surface area contributed by atoms with Gasteiger partial charge in [0.05, 0.1) is 12.6 Å². The van der Waals surface area contributed by atoms with Gasteiger partial charge in [-0.3, -0.25) is 28.8 Å². The summed E-state index contributed by atoms with van der Waals surface area (Å²) in [6.45, 7) is 0.453. The third-order valence-corrected chi connectivity index (χ3v) is 9.22. The lowest BCUT2D eigenvalue weighted by Crippen LogP contribution is -2.60. The van der Waals surface area contributed by atoms with Gasteiger partial charge in [-0.2, -0.15) is 25.3 Å². The van der Waals surface area contributed by atoms with Crippen molar-refractivity contribution in [2.24, 2.45) is 28.7 Å². The van der Waals surface area contributed by atoms with Crippen LogP contribution in [-0.2, 0) is 33.6 Å². The average Bonchev–Trinajstić information content (AvgIpc) is 3.16. The molecule has 318 valence electrons. The Labute approximate surface area is 333 Å². The van der Waals surface area contributed by atoms with E-state index in [0.29, 0.717) is 77.5 Å². The van der Waals surface area contributed by atoms with E-state index in [0.717, 1.165) is 0 Å². The molecule has 0 aliphatic heterocycles. The van der Waals surface area contributed by atoms with Crippen molar-refractivity contribution in [3.8, 4) is 0 Å². The number of rotatable bonds is 32. The number of amides is 6. The maximum Gasteiger partial charge on any atom is 0.327 e. The van der Waals surface area contributed by atoms with Gasteiger partial charge in [0.25, 0.3) is 0 Å². The number of aliphatic hydroxyl groups excluding tert-OH is 1. The smallest absolute Gasteiger partial charge is 0.327 e. The summed E-state index contributed by atoms with van der Waals surface area (Å²) >= 11 is 7.94. The molecule has 20 nitrogen and oxygen atoms in total. The molecule has 0 aromatic carbocycles. The standard InChI is InChI=1S/C33H65N11O9S2/c34-13-5-1-9-21(40-30(49)23(11-3-7-15-36)42-32(51)25(17-45)43-27(46)20(38)18-54)28(47)39-22(10-2-6-14-35)29(48)41-24(12-4-8-16-37)31(50)44-26(19-55)33(52)53/h20-26,45,54-55H,1-19,34-38H2,(H,39,47)(H,40,49)(H,41,48)(H,42,51)(H,43,46)(H,44,50)(H,52,53)/t20-,21-,22-,23-,24-,25-,26-/m0/s1. The maximum absolute atomic E-state index is 13.9. The van der Waals surface area contributed by atoms with E-state index in [9.17, 15) is 43.8 Å². The summed E-state index contributed by atoms with van der Waals surface area (Å²) in [6, 6.07) is -8.55. The molecule has 0 aromatic heterocycles. The minimum atomic E-state index is -1.44. The zero-order chi connectivity index (χ0) is 41.8. The van der Waals surface area contributed by atoms with Gasteiger partial charge in [-0.15, -0.1) is 0 Å². The van der Waals surface area contributed by atoms with E-state index >= 15 is 0 Å². The Morgan fingerprint density at radius 2 is 0.709 bits per heavy atom. The lowest BCUT2D eigenvalue weighted by atomic mass is 10.0. The van der Waals surface area contributed by atoms with E-state index in [2.05, 4.69) is 57.2 Å². The van der Waals surface area contributed by atoms with Crippen LogP contribution in [0.1, 0.15) is 77.0 Å². The molecule has 0 fully saturated rings. The van der Waals surface area contributed by atoms with Gasteiger partial charge in [0.15, 0.2) is 0 Å². The third kappa shape index (κ3) is 21.6. The summed E-state index contributed by atoms with van der Waals surface area (Å²) in [6.07, 6.45) is 4.18. The number of carboxylic acids is 1. The molecule has 18 N–H and O–H groups in total. The molecule has 0 saturated carbocycles. The van der Waals surface area contributed by atoms with Crippen LogP contribution >= 0.6 is 25.3 Å². The molecule has 0 saturated heterocycles. The third-order valence-electron chi connectivity index (χ3n) is 8.47. The number of thiol groups is 2. The summed E-state index contributed by atoms with van der Waals surface area (Å²) in [5.74, 6) is -6.06. The van der Waals surface area contributed by atoms with Crippen LogP contribution in [0.4, 0.5) is 0 Å². The van der Waals surface area contributed by atoms with Crippen molar-refractivity contribution in [3.63, 3.8) is 0 Å². The quantitative estimate of drug-likeness (QED) is 0.0225. The molecule has 22 heteroatoms. The Kier molecular flexibility index (Phi) is 29.1. The van der Waals surface area contributed by atoms with Gasteiger partial charge in [-0.05, 0) is 103 Å². The number of nitrogens with two attached hydrogens (primary N) is 5. The second-order valence-electron chi connectivity index (χ2n) is 13.0. The van der Waals surface area contributed by atoms with Crippen LogP contribution in [0.15, 0.2) is 0 Å². The molecular formula is C33H65N11O9S2. The van der Waals surface area contributed by atoms with Crippen LogP contribution in [0, 0.1) is 0 Å². The fourth-order valence-electron chi connectivity index (χ4n) is 5.15. The Hall–Kier alpha value is -3.25. The van der Waals surface area contributed by atoms with Crippen LogP contribution < -0.4 is 60.6 Å². The molecule has 0 spiro atoms. The van der Waals surface area contributed by atoms with Gasteiger partial charge < -0.3 is 70.8 Å². The van der Waals surface area contributed by atoms with Gasteiger partial charge in [0, 0.05) is 11.5 Å². The number of aliphatic carboxylic acids is 1. The van der Waals surface area contributed by atoms with Crippen molar-refractivity contribution >= 4 is 66.7 Å². The van der Waals surface area contributed by atoms with Gasteiger partial charge in [-0.1, -0.05) is 0 Å². The molecule has 7 atom stereocenters. The van der Waals surface area contributed by atoms with Crippen LogP contribution in [0.2, 0.25) is 0 Å². The number of unbranched alkanes of at least 4 members (excludes halogenated alkanes) is 4. The largest absolute Gasteiger partial charge is 0.480 e. The summed E-state index contributed by atoms with van der Waals surface area (Å²) in [4.78, 5) is 91.3. The minimum absolute atomic E-state index is 0.0206. The molecule has 0 heterocycles. The highest BCUT2D eigenvalue weighted by Crippen LogP contribution is 2.10. The highest BCUT2D eigenvalue weighted by molar-refractivity contribution is 7.80. The van der Waals surface area contributed by atoms with Crippen molar-refractivity contribution in [1.82, 2.24) is 31.9 Å². The van der Waals surface area contributed by atoms with E-state index in [1.807, 2.05) is 0 Å². The number of carbonyl (C=O) groups is 7. The molecule has 0 aromatic rings. The molecule has 6 amide bonds. The molecule has 0 bridgehead atoms. The molecule has 0 radical (unpaired) electrons. The molecule has 0 aliphatic carbocycles. The monoisotopic (exact) mass is 823 g/mol. The van der Waals surface area contributed by atoms with Crippen LogP contribution in [0.3, 0.4) is 0 Å². The molecule has 0 unspecified atom stereocenters. The number of hydrogen-bond donors (Lipinski definition) is 15. The number of hydrogen-bond acceptors (Lipinski definition) is 15. The number of carboxylic acid groups (broad SMARTS) is 1. The van der Waals surface area contributed by atoms with E-state index < -0.39 is 90.3 Å². The van der Waals surface area contributed by atoms with Crippen LogP contribution in [-0.4, -0.2) is 138 Å². The van der Waals surface area contributed by atoms with Crippen molar-refractivity contribution in [2.45, 2.75) is 119 Å². The fraction of sp³-hybridized carbons (Fsp3) is 0.788. The first-order valence-corrected chi connectivity index (χ1v) is 19.9. The second kappa shape index (κ2) is 30.9. The average molecular weight is 824 g/mol. The van der Waals surface area contributed by atoms with Gasteiger partial charge in [0.2, 0.25) is 35.4 Å². The Balaban J connectivity index is 6.32. The van der Waals surface area contributed by atoms with Crippen LogP contribution in [0.25, 0.3) is 0 Å². The van der Waals surface area contributed by atoms with E-state index in [4.69, 9.17) is 28.7 Å². The fourth-order valence-corrected chi connectivity index (χ4v) is 5.56. The summed E-state index contributed by atoms with van der Waals surface area (Å²) < 4.78 is 0. The van der Waals surface area contributed by atoms with Crippen LogP contribution in [0.5, 0.6) is 0 Å². The lowest BCUT2D eigenvalue weighted by molar-refractivity contribution is -0.141. The SMILES string of the molecule is NCCCC[C@H](NC(=O)[C@H](CCCCN)NC(=O)[C@H](CCCCN)NC(=O)[C@H](CCCCN)NC(=O)[C@H](CO)NC(=O)[C@@H](N)CS)C(=O)N[C@@H](CS)C(=O)O. The maximum atomic E-state index is 13.9. The van der Waals surface area contributed by atoms with E-state index in [1.54, 1.807) is 0 Å². The summed E-state index contributed by atoms with van der Waals surface area (Å²) in [5, 5.41) is 34.4. The predicted octanol–water partition coefficient (Wildman–Crippen LogP) is -4.33. The summed E-state index contributed by atoms with van der Waals surface area (Å²) in [7, 11) is 0. The number of nitrogens with one attached hydrogen (secondary N) is 6. The highest BCUT2D eigenvalue weighted by atomic mass is 32.1. The second-order valence-corrected chi connectivity index (χ2v) is 13.7. The van der Waals surface area contributed by atoms with Gasteiger partial charge in [0.1, 0.15) is 36.3 Å². The Bertz CT molecular complexity index is 1190. The van der Waals surface area contributed by atoms with Crippen molar-refractivity contribution < 1.29 is 43.8 Å². The first-order chi connectivity index (χ1) is 26.2. The molecule has 55 heavy (non-hydrogen) atoms. The van der Waals surface area contributed by atoms with Crippen molar-refractivity contribution in [2.75, 3.05) is 44.3 Å². The first-order valence-electron chi connectivity index (χ1n) is 18.7. The number of aliphatic hydroxyl groups is 1. The molecular weight excluding hydrogens is 759 g/mol. The predicted molar refractivity (Wildman–Crippen MR) is 214 cm³/mol. The van der Waals surface area contributed by atoms with Crippen molar-refractivity contribution in [3.05, 3.63) is 0 Å². The van der Waals surface area contributed by atoms with Crippen molar-refractivity contribution in [1.29, 1.82) is 0 Å². The van der Waals surface area contributed by atoms with E-state index in [1.165, 1.54) is 0 Å². The normalized spacial score (nSPS) is 14.9. The Morgan fingerprint density at radius 3 is 0.945 bits per heavy atom. The summed E-state index contributed by atoms with van der Waals surface area (Å²) in [5.41, 5.74) is 28.3. The molecule has 0 rings (SSSR count).